The monoisotopic (exact) mass is 731 g/mol. The van der Waals surface area contributed by atoms with Crippen LogP contribution in [0.25, 0.3) is 66.2 Å². The fraction of sp³-hybridized carbons (Fsp3) is 0.0741. The minimum Gasteiger partial charge on any atom is -0.309 e. The summed E-state index contributed by atoms with van der Waals surface area (Å²) in [6, 6.07) is 65.1. The van der Waals surface area contributed by atoms with Crippen LogP contribution in [0.1, 0.15) is 48.6 Å². The maximum Gasteiger partial charge on any atom is 0.160 e. The van der Waals surface area contributed by atoms with Crippen LogP contribution in [0.2, 0.25) is 0 Å². The third-order valence-electron chi connectivity index (χ3n) is 11.7. The molecule has 1 aliphatic rings. The molecule has 0 saturated carbocycles. The van der Waals surface area contributed by atoms with Crippen LogP contribution in [0.4, 0.5) is 0 Å². The predicted octanol–water partition coefficient (Wildman–Crippen LogP) is 13.8. The smallest absolute Gasteiger partial charge is 0.160 e. The van der Waals surface area contributed by atoms with Crippen LogP contribution >= 0.6 is 0 Å². The number of rotatable bonds is 6. The van der Waals surface area contributed by atoms with E-state index in [2.05, 4.69) is 165 Å². The van der Waals surface area contributed by atoms with Crippen molar-refractivity contribution >= 4 is 49.8 Å². The highest BCUT2D eigenvalue weighted by Crippen LogP contribution is 2.51. The van der Waals surface area contributed by atoms with Crippen LogP contribution in [0.15, 0.2) is 199 Å². The zero-order chi connectivity index (χ0) is 38.7. The highest BCUT2D eigenvalue weighted by Gasteiger charge is 2.36. The molecule has 0 amide bonds. The van der Waals surface area contributed by atoms with Gasteiger partial charge in [0.1, 0.15) is 0 Å². The van der Waals surface area contributed by atoms with Gasteiger partial charge in [-0.3, -0.25) is 0 Å². The van der Waals surface area contributed by atoms with E-state index in [0.717, 1.165) is 44.7 Å². The summed E-state index contributed by atoms with van der Waals surface area (Å²) in [6.07, 6.45) is 0. The van der Waals surface area contributed by atoms with E-state index in [9.17, 15) is 0 Å². The van der Waals surface area contributed by atoms with Crippen molar-refractivity contribution in [2.75, 3.05) is 0 Å². The minimum absolute atomic E-state index is 0.138. The first kappa shape index (κ1) is 34.4. The van der Waals surface area contributed by atoms with E-state index in [1.54, 1.807) is 0 Å². The molecular weight excluding hydrogens is 691 g/mol. The Morgan fingerprint density at radius 1 is 0.491 bits per heavy atom. The minimum atomic E-state index is -0.138. The predicted molar refractivity (Wildman–Crippen MR) is 242 cm³/mol. The first-order valence-corrected chi connectivity index (χ1v) is 19.6. The second kappa shape index (κ2) is 13.6. The summed E-state index contributed by atoms with van der Waals surface area (Å²) in [7, 11) is 0. The van der Waals surface area contributed by atoms with Crippen molar-refractivity contribution in [2.24, 2.45) is 9.98 Å². The Hall–Kier alpha value is -7.10. The standard InChI is InChI=1S/C54H41N3/c1-35(37-17-7-5-8-18-37)55-53(56-36(2)38-19-9-6-10-20-38)43-30-42(41-28-27-39-21-11-12-22-40(39)29-41)31-44(32-43)57-51-26-16-14-24-46(51)48-33-47-45-23-13-15-25-49(45)54(3,4)50(47)34-52(48)57/h5-34H,1H2,2-4H3. The summed E-state index contributed by atoms with van der Waals surface area (Å²) in [5.41, 5.74) is 15.2. The number of benzene rings is 8. The summed E-state index contributed by atoms with van der Waals surface area (Å²) >= 11 is 0. The number of aromatic nitrogens is 1. The van der Waals surface area contributed by atoms with Crippen molar-refractivity contribution in [3.63, 3.8) is 0 Å². The molecular formula is C54H41N3. The number of hydrogen-bond acceptors (Lipinski definition) is 1. The molecule has 3 nitrogen and oxygen atoms in total. The van der Waals surface area contributed by atoms with E-state index < -0.39 is 0 Å². The van der Waals surface area contributed by atoms with Gasteiger partial charge in [-0.15, -0.1) is 0 Å². The molecule has 272 valence electrons. The van der Waals surface area contributed by atoms with Gasteiger partial charge in [0.15, 0.2) is 5.84 Å². The van der Waals surface area contributed by atoms with Crippen LogP contribution in [0.5, 0.6) is 0 Å². The first-order chi connectivity index (χ1) is 27.8. The highest BCUT2D eigenvalue weighted by molar-refractivity contribution is 6.14. The van der Waals surface area contributed by atoms with Crippen LogP contribution in [-0.2, 0) is 5.41 Å². The molecule has 0 bridgehead atoms. The number of para-hydroxylation sites is 1. The van der Waals surface area contributed by atoms with Gasteiger partial charge in [0.25, 0.3) is 0 Å². The molecule has 3 heteroatoms. The Morgan fingerprint density at radius 3 is 1.98 bits per heavy atom. The van der Waals surface area contributed by atoms with Gasteiger partial charge in [-0.2, -0.15) is 0 Å². The van der Waals surface area contributed by atoms with Crippen LogP contribution in [-0.4, -0.2) is 16.1 Å². The topological polar surface area (TPSA) is 29.6 Å². The summed E-state index contributed by atoms with van der Waals surface area (Å²) < 4.78 is 2.44. The second-order valence-corrected chi connectivity index (χ2v) is 15.6. The molecule has 1 heterocycles. The molecule has 1 aliphatic carbocycles. The van der Waals surface area contributed by atoms with E-state index in [-0.39, 0.29) is 5.41 Å². The van der Waals surface area contributed by atoms with Crippen LogP contribution < -0.4 is 0 Å². The molecule has 0 N–H and O–H groups in total. The number of hydrogen-bond donors (Lipinski definition) is 0. The van der Waals surface area contributed by atoms with E-state index in [0.29, 0.717) is 11.5 Å². The maximum absolute atomic E-state index is 5.30. The molecule has 0 radical (unpaired) electrons. The van der Waals surface area contributed by atoms with Crippen molar-refractivity contribution in [1.29, 1.82) is 0 Å². The molecule has 57 heavy (non-hydrogen) atoms. The summed E-state index contributed by atoms with van der Waals surface area (Å²) in [5, 5.41) is 4.86. The Morgan fingerprint density at radius 2 is 1.18 bits per heavy atom. The molecule has 1 aromatic heterocycles. The van der Waals surface area contributed by atoms with E-state index in [4.69, 9.17) is 9.98 Å². The molecule has 0 spiro atoms. The van der Waals surface area contributed by atoms with Gasteiger partial charge in [0.2, 0.25) is 0 Å². The van der Waals surface area contributed by atoms with Gasteiger partial charge < -0.3 is 4.57 Å². The van der Waals surface area contributed by atoms with Crippen LogP contribution in [0.3, 0.4) is 0 Å². The lowest BCUT2D eigenvalue weighted by atomic mass is 9.82. The number of aliphatic imine (C=N–C) groups is 2. The lowest BCUT2D eigenvalue weighted by Crippen LogP contribution is -2.15. The number of fused-ring (bicyclic) bond motifs is 7. The molecule has 10 rings (SSSR count). The quantitative estimate of drug-likeness (QED) is 0.120. The molecule has 0 atom stereocenters. The van der Waals surface area contributed by atoms with E-state index in [1.165, 1.54) is 49.3 Å². The van der Waals surface area contributed by atoms with Crippen molar-refractivity contribution in [2.45, 2.75) is 26.2 Å². The summed E-state index contributed by atoms with van der Waals surface area (Å²) in [6.45, 7) is 11.2. The lowest BCUT2D eigenvalue weighted by Gasteiger charge is -2.22. The third kappa shape index (κ3) is 5.91. The first-order valence-electron chi connectivity index (χ1n) is 19.6. The molecule has 0 saturated heterocycles. The van der Waals surface area contributed by atoms with Crippen molar-refractivity contribution in [3.8, 4) is 27.9 Å². The normalized spacial score (nSPS) is 13.6. The number of nitrogens with zero attached hydrogens (tertiary/aromatic N) is 3. The highest BCUT2D eigenvalue weighted by atomic mass is 15.0. The third-order valence-corrected chi connectivity index (χ3v) is 11.7. The zero-order valence-electron chi connectivity index (χ0n) is 32.4. The van der Waals surface area contributed by atoms with Gasteiger partial charge >= 0.3 is 0 Å². The number of amidine groups is 1. The van der Waals surface area contributed by atoms with Crippen LogP contribution in [0, 0.1) is 0 Å². The van der Waals surface area contributed by atoms with Crippen molar-refractivity contribution < 1.29 is 0 Å². The summed E-state index contributed by atoms with van der Waals surface area (Å²) in [5.74, 6) is 0.604. The average Bonchev–Trinajstić information content (AvgIpc) is 3.70. The van der Waals surface area contributed by atoms with Crippen molar-refractivity contribution in [3.05, 3.63) is 216 Å². The fourth-order valence-electron chi connectivity index (χ4n) is 8.73. The Labute approximate surface area is 333 Å². The largest absolute Gasteiger partial charge is 0.309 e. The van der Waals surface area contributed by atoms with Gasteiger partial charge in [-0.1, -0.05) is 160 Å². The lowest BCUT2D eigenvalue weighted by molar-refractivity contribution is 0.661. The average molecular weight is 732 g/mol. The Balaban J connectivity index is 1.26. The van der Waals surface area contributed by atoms with E-state index in [1.807, 2.05) is 48.5 Å². The molecule has 9 aromatic rings. The van der Waals surface area contributed by atoms with Gasteiger partial charge in [-0.05, 0) is 105 Å². The Kier molecular flexibility index (Phi) is 8.19. The maximum atomic E-state index is 5.30. The fourth-order valence-corrected chi connectivity index (χ4v) is 8.73. The van der Waals surface area contributed by atoms with Gasteiger partial charge in [0.05, 0.1) is 16.7 Å². The van der Waals surface area contributed by atoms with Gasteiger partial charge in [0, 0.05) is 33.1 Å². The second-order valence-electron chi connectivity index (χ2n) is 15.6. The Bertz CT molecular complexity index is 3110. The zero-order valence-corrected chi connectivity index (χ0v) is 32.4. The molecule has 0 fully saturated rings. The molecule has 0 unspecified atom stereocenters. The van der Waals surface area contributed by atoms with Crippen molar-refractivity contribution in [1.82, 2.24) is 4.57 Å². The summed E-state index contributed by atoms with van der Waals surface area (Å²) in [4.78, 5) is 10.5. The molecule has 0 aliphatic heterocycles. The van der Waals surface area contributed by atoms with Gasteiger partial charge in [-0.25, -0.2) is 9.98 Å². The molecule has 8 aromatic carbocycles. The SMILES string of the molecule is C=C(N=C(N=C(C)c1ccccc1)c1cc(-c2ccc3ccccc3c2)cc(-n2c3ccccc3c3cc4c(cc32)C(C)(C)c2ccccc2-4)c1)c1ccccc1. The van der Waals surface area contributed by atoms with E-state index >= 15 is 0 Å².